The van der Waals surface area contributed by atoms with Crippen LogP contribution in [0.4, 0.5) is 11.5 Å². The quantitative estimate of drug-likeness (QED) is 0.703. The van der Waals surface area contributed by atoms with Crippen LogP contribution in [0, 0.1) is 0 Å². The molecule has 2 rings (SSSR count). The number of rotatable bonds is 1. The van der Waals surface area contributed by atoms with Crippen LogP contribution >= 0.6 is 0 Å². The molecule has 0 aliphatic heterocycles. The van der Waals surface area contributed by atoms with Gasteiger partial charge >= 0.3 is 0 Å². The lowest BCUT2D eigenvalue weighted by Crippen LogP contribution is -1.97. The molecule has 0 fully saturated rings. The maximum atomic E-state index is 5.78. The fourth-order valence-electron chi connectivity index (χ4n) is 1.26. The predicted octanol–water partition coefficient (Wildman–Crippen LogP) is 1.31. The Morgan fingerprint density at radius 3 is 2.36 bits per heavy atom. The summed E-state index contributed by atoms with van der Waals surface area (Å²) in [5.74, 6) is 0.443. The third-order valence-electron chi connectivity index (χ3n) is 1.93. The molecule has 0 spiro atoms. The van der Waals surface area contributed by atoms with Crippen molar-refractivity contribution in [2.24, 2.45) is 0 Å². The van der Waals surface area contributed by atoms with E-state index in [9.17, 15) is 0 Å². The zero-order chi connectivity index (χ0) is 9.97. The summed E-state index contributed by atoms with van der Waals surface area (Å²) < 4.78 is 0. The summed E-state index contributed by atoms with van der Waals surface area (Å²) in [5.41, 5.74) is 13.5. The Balaban J connectivity index is 2.61. The third kappa shape index (κ3) is 1.37. The van der Waals surface area contributed by atoms with Crippen LogP contribution in [-0.2, 0) is 0 Å². The highest BCUT2D eigenvalue weighted by Gasteiger charge is 2.06. The highest BCUT2D eigenvalue weighted by molar-refractivity contribution is 5.78. The zero-order valence-corrected chi connectivity index (χ0v) is 7.51. The molecule has 0 aliphatic carbocycles. The molecule has 0 saturated heterocycles. The van der Waals surface area contributed by atoms with Crippen molar-refractivity contribution in [1.29, 1.82) is 0 Å². The maximum absolute atomic E-state index is 5.78. The van der Waals surface area contributed by atoms with Crippen molar-refractivity contribution < 1.29 is 0 Å². The molecule has 14 heavy (non-hydrogen) atoms. The van der Waals surface area contributed by atoms with E-state index in [0.717, 1.165) is 5.56 Å². The molecule has 0 unspecified atom stereocenters. The topological polar surface area (TPSA) is 77.8 Å². The summed E-state index contributed by atoms with van der Waals surface area (Å²) in [6, 6.07) is 7.22. The minimum atomic E-state index is 0.443. The smallest absolute Gasteiger partial charge is 0.132 e. The minimum Gasteiger partial charge on any atom is -0.397 e. The van der Waals surface area contributed by atoms with E-state index in [2.05, 4.69) is 9.97 Å². The number of hydrogen-bond donors (Lipinski definition) is 2. The van der Waals surface area contributed by atoms with Gasteiger partial charge in [-0.2, -0.15) is 0 Å². The molecule has 0 aliphatic rings. The lowest BCUT2D eigenvalue weighted by atomic mass is 10.1. The van der Waals surface area contributed by atoms with Crippen LogP contribution in [0.1, 0.15) is 0 Å². The van der Waals surface area contributed by atoms with E-state index in [1.165, 1.54) is 0 Å². The number of anilines is 2. The Hall–Kier alpha value is -2.10. The van der Waals surface area contributed by atoms with Gasteiger partial charge in [0.1, 0.15) is 5.82 Å². The summed E-state index contributed by atoms with van der Waals surface area (Å²) in [6.45, 7) is 0. The van der Waals surface area contributed by atoms with Crippen molar-refractivity contribution in [3.63, 3.8) is 0 Å². The van der Waals surface area contributed by atoms with Crippen LogP contribution in [0.25, 0.3) is 11.3 Å². The van der Waals surface area contributed by atoms with E-state index < -0.39 is 0 Å². The Labute approximate surface area is 81.6 Å². The predicted molar refractivity (Wildman–Crippen MR) is 56.3 cm³/mol. The van der Waals surface area contributed by atoms with E-state index in [1.807, 2.05) is 6.07 Å². The number of hydrogen-bond acceptors (Lipinski definition) is 4. The number of nitrogen functional groups attached to an aromatic ring is 2. The second kappa shape index (κ2) is 3.33. The lowest BCUT2D eigenvalue weighted by Gasteiger charge is -2.05. The van der Waals surface area contributed by atoms with Crippen molar-refractivity contribution in [3.05, 3.63) is 36.7 Å². The highest BCUT2D eigenvalue weighted by Crippen LogP contribution is 2.26. The van der Waals surface area contributed by atoms with Crippen molar-refractivity contribution in [2.45, 2.75) is 0 Å². The van der Waals surface area contributed by atoms with Gasteiger partial charge in [0.15, 0.2) is 0 Å². The average Bonchev–Trinajstić information content (AvgIpc) is 2.20. The van der Waals surface area contributed by atoms with Gasteiger partial charge in [-0.25, -0.2) is 4.98 Å². The number of nitrogens with two attached hydrogens (primary N) is 2. The van der Waals surface area contributed by atoms with Gasteiger partial charge < -0.3 is 11.5 Å². The Morgan fingerprint density at radius 1 is 0.929 bits per heavy atom. The van der Waals surface area contributed by atoms with Gasteiger partial charge in [-0.15, -0.1) is 0 Å². The highest BCUT2D eigenvalue weighted by atomic mass is 14.8. The zero-order valence-electron chi connectivity index (χ0n) is 7.51. The molecule has 4 N–H and O–H groups in total. The van der Waals surface area contributed by atoms with E-state index in [1.54, 1.807) is 30.6 Å². The molecule has 0 saturated carbocycles. The molecule has 2 heterocycles. The number of nitrogens with zero attached hydrogens (tertiary/aromatic N) is 2. The first-order valence-corrected chi connectivity index (χ1v) is 4.20. The van der Waals surface area contributed by atoms with Gasteiger partial charge in [0.2, 0.25) is 0 Å². The van der Waals surface area contributed by atoms with E-state index >= 15 is 0 Å². The van der Waals surface area contributed by atoms with E-state index in [-0.39, 0.29) is 0 Å². The van der Waals surface area contributed by atoms with Crippen LogP contribution in [-0.4, -0.2) is 9.97 Å². The monoisotopic (exact) mass is 186 g/mol. The van der Waals surface area contributed by atoms with Crippen LogP contribution in [0.3, 0.4) is 0 Å². The molecule has 0 amide bonds. The van der Waals surface area contributed by atoms with Gasteiger partial charge in [-0.05, 0) is 24.3 Å². The molecule has 0 aromatic carbocycles. The Kier molecular flexibility index (Phi) is 2.02. The van der Waals surface area contributed by atoms with Gasteiger partial charge in [0.05, 0.1) is 11.4 Å². The summed E-state index contributed by atoms with van der Waals surface area (Å²) in [4.78, 5) is 8.14. The molecular formula is C10H10N4. The first-order chi connectivity index (χ1) is 6.79. The second-order valence-corrected chi connectivity index (χ2v) is 2.88. The van der Waals surface area contributed by atoms with Crippen molar-refractivity contribution >= 4 is 11.5 Å². The lowest BCUT2D eigenvalue weighted by molar-refractivity contribution is 1.29. The fourth-order valence-corrected chi connectivity index (χ4v) is 1.26. The molecule has 0 bridgehead atoms. The number of pyridine rings is 2. The maximum Gasteiger partial charge on any atom is 0.132 e. The van der Waals surface area contributed by atoms with Crippen molar-refractivity contribution in [1.82, 2.24) is 9.97 Å². The first-order valence-electron chi connectivity index (χ1n) is 4.20. The fraction of sp³-hybridized carbons (Fsp3) is 0. The normalized spacial score (nSPS) is 10.0. The SMILES string of the molecule is Nc1cccnc1-c1cccnc1N. The minimum absolute atomic E-state index is 0.443. The average molecular weight is 186 g/mol. The first kappa shape index (κ1) is 8.50. The van der Waals surface area contributed by atoms with Gasteiger partial charge in [0.25, 0.3) is 0 Å². The van der Waals surface area contributed by atoms with Crippen LogP contribution in [0.15, 0.2) is 36.7 Å². The van der Waals surface area contributed by atoms with Gasteiger partial charge in [-0.1, -0.05) is 0 Å². The largest absolute Gasteiger partial charge is 0.397 e. The summed E-state index contributed by atoms with van der Waals surface area (Å²) in [6.07, 6.45) is 3.32. The Morgan fingerprint density at radius 2 is 1.64 bits per heavy atom. The van der Waals surface area contributed by atoms with Gasteiger partial charge in [-0.3, -0.25) is 4.98 Å². The Bertz CT molecular complexity index is 410. The van der Waals surface area contributed by atoms with Crippen LogP contribution in [0.5, 0.6) is 0 Å². The summed E-state index contributed by atoms with van der Waals surface area (Å²) in [5, 5.41) is 0. The van der Waals surface area contributed by atoms with Gasteiger partial charge in [0, 0.05) is 18.0 Å². The van der Waals surface area contributed by atoms with Crippen LogP contribution in [0.2, 0.25) is 0 Å². The van der Waals surface area contributed by atoms with E-state index in [0.29, 0.717) is 17.2 Å². The molecule has 70 valence electrons. The summed E-state index contributed by atoms with van der Waals surface area (Å²) in [7, 11) is 0. The second-order valence-electron chi connectivity index (χ2n) is 2.88. The molecule has 4 heteroatoms. The molecule has 2 aromatic heterocycles. The molecule has 2 aromatic rings. The van der Waals surface area contributed by atoms with E-state index in [4.69, 9.17) is 11.5 Å². The molecular weight excluding hydrogens is 176 g/mol. The summed E-state index contributed by atoms with van der Waals surface area (Å²) >= 11 is 0. The van der Waals surface area contributed by atoms with Crippen LogP contribution < -0.4 is 11.5 Å². The molecule has 4 nitrogen and oxygen atoms in total. The van der Waals surface area contributed by atoms with Crippen molar-refractivity contribution in [2.75, 3.05) is 11.5 Å². The van der Waals surface area contributed by atoms with Crippen molar-refractivity contribution in [3.8, 4) is 11.3 Å². The standard InChI is InChI=1S/C10H10N4/c11-8-4-2-5-13-9(8)7-3-1-6-14-10(7)12/h1-6H,11H2,(H2,12,14). The third-order valence-corrected chi connectivity index (χ3v) is 1.93. The number of aromatic nitrogens is 2. The molecule has 0 atom stereocenters. The molecule has 0 radical (unpaired) electrons.